The molecule has 2 aromatic rings. The fourth-order valence-electron chi connectivity index (χ4n) is 3.04. The average molecular weight is 434 g/mol. The van der Waals surface area contributed by atoms with Crippen molar-refractivity contribution < 1.29 is 19.1 Å². The van der Waals surface area contributed by atoms with Gasteiger partial charge in [0.1, 0.15) is 5.00 Å². The first-order valence-corrected chi connectivity index (χ1v) is 10.4. The summed E-state index contributed by atoms with van der Waals surface area (Å²) in [6.45, 7) is 1.95. The summed E-state index contributed by atoms with van der Waals surface area (Å²) in [5.74, 6) is -2.33. The number of carbonyl (C=O) groups is 3. The van der Waals surface area contributed by atoms with Gasteiger partial charge in [-0.1, -0.05) is 23.7 Å². The summed E-state index contributed by atoms with van der Waals surface area (Å²) in [6, 6.07) is 6.88. The second-order valence-corrected chi connectivity index (χ2v) is 7.89. The van der Waals surface area contributed by atoms with Crippen molar-refractivity contribution in [2.45, 2.75) is 32.6 Å². The maximum absolute atomic E-state index is 12.4. The van der Waals surface area contributed by atoms with Crippen LogP contribution in [0, 0.1) is 0 Å². The van der Waals surface area contributed by atoms with E-state index in [0.717, 1.165) is 36.1 Å². The zero-order valence-electron chi connectivity index (χ0n) is 15.8. The molecule has 1 aliphatic rings. The standard InChI is InChI=1S/C20H20ClN3O4S/c1-2-28-20(27)16-14-8-3-4-9-15(14)29-19(16)23-17(25)18(26)24-22-11-12-6-5-7-13(21)10-12/h5-7,10-11H,2-4,8-9H2,1H3,(H,23,25)(H,24,26)/b22-11-. The van der Waals surface area contributed by atoms with Gasteiger partial charge in [-0.05, 0) is 55.9 Å². The number of hydrogen-bond donors (Lipinski definition) is 2. The van der Waals surface area contributed by atoms with E-state index in [-0.39, 0.29) is 6.61 Å². The smallest absolute Gasteiger partial charge is 0.341 e. The monoisotopic (exact) mass is 433 g/mol. The minimum atomic E-state index is -0.940. The van der Waals surface area contributed by atoms with Crippen LogP contribution in [0.1, 0.15) is 46.1 Å². The molecule has 1 aromatic heterocycles. The van der Waals surface area contributed by atoms with Gasteiger partial charge >= 0.3 is 17.8 Å². The number of carbonyl (C=O) groups excluding carboxylic acids is 3. The first-order chi connectivity index (χ1) is 14.0. The number of esters is 1. The first-order valence-electron chi connectivity index (χ1n) is 9.21. The van der Waals surface area contributed by atoms with Gasteiger partial charge in [0, 0.05) is 9.90 Å². The molecule has 0 radical (unpaired) electrons. The third kappa shape index (κ3) is 5.21. The molecular formula is C20H20ClN3O4S. The zero-order valence-corrected chi connectivity index (χ0v) is 17.4. The van der Waals surface area contributed by atoms with E-state index >= 15 is 0 Å². The van der Waals surface area contributed by atoms with Crippen LogP contribution in [0.25, 0.3) is 0 Å². The van der Waals surface area contributed by atoms with Crippen molar-refractivity contribution in [2.75, 3.05) is 11.9 Å². The van der Waals surface area contributed by atoms with Gasteiger partial charge in [-0.25, -0.2) is 10.2 Å². The molecule has 1 heterocycles. The van der Waals surface area contributed by atoms with Gasteiger partial charge in [0.25, 0.3) is 0 Å². The van der Waals surface area contributed by atoms with E-state index in [0.29, 0.717) is 21.2 Å². The average Bonchev–Trinajstić information content (AvgIpc) is 3.06. The van der Waals surface area contributed by atoms with Gasteiger partial charge in [-0.3, -0.25) is 9.59 Å². The van der Waals surface area contributed by atoms with Crippen LogP contribution < -0.4 is 10.7 Å². The summed E-state index contributed by atoms with van der Waals surface area (Å²) in [5.41, 5.74) is 4.11. The molecule has 0 aliphatic heterocycles. The highest BCUT2D eigenvalue weighted by Gasteiger charge is 2.28. The largest absolute Gasteiger partial charge is 0.462 e. The number of hydrazone groups is 1. The molecule has 0 fully saturated rings. The lowest BCUT2D eigenvalue weighted by Crippen LogP contribution is -2.32. The second-order valence-electron chi connectivity index (χ2n) is 6.34. The Morgan fingerprint density at radius 1 is 1.24 bits per heavy atom. The van der Waals surface area contributed by atoms with Crippen LogP contribution in [0.3, 0.4) is 0 Å². The summed E-state index contributed by atoms with van der Waals surface area (Å²) in [4.78, 5) is 37.8. The molecule has 29 heavy (non-hydrogen) atoms. The molecule has 152 valence electrons. The Bertz CT molecular complexity index is 971. The number of thiophene rings is 1. The minimum absolute atomic E-state index is 0.232. The van der Waals surface area contributed by atoms with Gasteiger partial charge in [0.15, 0.2) is 0 Å². The Morgan fingerprint density at radius 2 is 2.03 bits per heavy atom. The van der Waals surface area contributed by atoms with E-state index in [4.69, 9.17) is 16.3 Å². The highest BCUT2D eigenvalue weighted by atomic mass is 35.5. The molecule has 0 saturated carbocycles. The summed E-state index contributed by atoms with van der Waals surface area (Å²) in [6.07, 6.45) is 4.99. The van der Waals surface area contributed by atoms with Crippen LogP contribution in [0.2, 0.25) is 5.02 Å². The predicted molar refractivity (Wildman–Crippen MR) is 113 cm³/mol. The van der Waals surface area contributed by atoms with E-state index in [9.17, 15) is 14.4 Å². The van der Waals surface area contributed by atoms with Gasteiger partial charge in [0.05, 0.1) is 18.4 Å². The molecule has 7 nitrogen and oxygen atoms in total. The third-order valence-electron chi connectivity index (χ3n) is 4.31. The van der Waals surface area contributed by atoms with Crippen molar-refractivity contribution >= 4 is 51.9 Å². The van der Waals surface area contributed by atoms with Crippen LogP contribution in [0.15, 0.2) is 29.4 Å². The van der Waals surface area contributed by atoms with Crippen molar-refractivity contribution in [1.29, 1.82) is 0 Å². The summed E-state index contributed by atoms with van der Waals surface area (Å²) >= 11 is 7.20. The molecular weight excluding hydrogens is 414 g/mol. The van der Waals surface area contributed by atoms with E-state index in [1.807, 2.05) is 0 Å². The number of nitrogens with zero attached hydrogens (tertiary/aromatic N) is 1. The number of nitrogens with one attached hydrogen (secondary N) is 2. The zero-order chi connectivity index (χ0) is 20.8. The van der Waals surface area contributed by atoms with Crippen LogP contribution in [-0.2, 0) is 27.2 Å². The van der Waals surface area contributed by atoms with Crippen LogP contribution in [0.5, 0.6) is 0 Å². The van der Waals surface area contributed by atoms with Crippen LogP contribution in [-0.4, -0.2) is 30.6 Å². The number of ether oxygens (including phenoxy) is 1. The number of rotatable bonds is 5. The quantitative estimate of drug-likeness (QED) is 0.326. The van der Waals surface area contributed by atoms with E-state index < -0.39 is 17.8 Å². The summed E-state index contributed by atoms with van der Waals surface area (Å²) in [7, 11) is 0. The lowest BCUT2D eigenvalue weighted by Gasteiger charge is -2.12. The van der Waals surface area contributed by atoms with Crippen molar-refractivity contribution in [1.82, 2.24) is 5.43 Å². The Morgan fingerprint density at radius 3 is 2.79 bits per heavy atom. The minimum Gasteiger partial charge on any atom is -0.462 e. The summed E-state index contributed by atoms with van der Waals surface area (Å²) in [5, 5.41) is 7.18. The van der Waals surface area contributed by atoms with Crippen LogP contribution in [0.4, 0.5) is 5.00 Å². The second kappa shape index (κ2) is 9.67. The lowest BCUT2D eigenvalue weighted by molar-refractivity contribution is -0.136. The molecule has 1 aliphatic carbocycles. The number of amides is 2. The van der Waals surface area contributed by atoms with Crippen molar-refractivity contribution in [3.8, 4) is 0 Å². The van der Waals surface area contributed by atoms with Crippen molar-refractivity contribution in [3.05, 3.63) is 50.9 Å². The number of aryl methyl sites for hydroxylation is 1. The van der Waals surface area contributed by atoms with Gasteiger partial charge in [0.2, 0.25) is 0 Å². The van der Waals surface area contributed by atoms with Gasteiger partial charge in [-0.15, -0.1) is 11.3 Å². The molecule has 3 rings (SSSR count). The van der Waals surface area contributed by atoms with Crippen molar-refractivity contribution in [3.63, 3.8) is 0 Å². The fourth-order valence-corrected chi connectivity index (χ4v) is 4.51. The van der Waals surface area contributed by atoms with Crippen LogP contribution >= 0.6 is 22.9 Å². The Balaban J connectivity index is 1.70. The number of anilines is 1. The first kappa shape index (κ1) is 21.0. The van der Waals surface area contributed by atoms with E-state index in [1.165, 1.54) is 17.6 Å². The predicted octanol–water partition coefficient (Wildman–Crippen LogP) is 3.55. The Kier molecular flexibility index (Phi) is 7.00. The Labute approximate surface area is 177 Å². The maximum Gasteiger partial charge on any atom is 0.341 e. The fraction of sp³-hybridized carbons (Fsp3) is 0.300. The highest BCUT2D eigenvalue weighted by Crippen LogP contribution is 2.38. The highest BCUT2D eigenvalue weighted by molar-refractivity contribution is 7.17. The lowest BCUT2D eigenvalue weighted by atomic mass is 9.95. The molecule has 1 aromatic carbocycles. The molecule has 0 saturated heterocycles. The Hall–Kier alpha value is -2.71. The SMILES string of the molecule is CCOC(=O)c1c(NC(=O)C(=O)N/N=C\c2cccc(Cl)c2)sc2c1CCCC2. The molecule has 9 heteroatoms. The molecule has 2 N–H and O–H groups in total. The molecule has 0 spiro atoms. The number of benzene rings is 1. The molecule has 2 amide bonds. The van der Waals surface area contributed by atoms with Gasteiger partial charge in [-0.2, -0.15) is 5.10 Å². The molecule has 0 unspecified atom stereocenters. The maximum atomic E-state index is 12.4. The third-order valence-corrected chi connectivity index (χ3v) is 5.75. The summed E-state index contributed by atoms with van der Waals surface area (Å²) < 4.78 is 5.14. The number of fused-ring (bicyclic) bond motifs is 1. The number of hydrogen-bond acceptors (Lipinski definition) is 6. The number of halogens is 1. The molecule has 0 atom stereocenters. The van der Waals surface area contributed by atoms with E-state index in [2.05, 4.69) is 15.8 Å². The van der Waals surface area contributed by atoms with Gasteiger partial charge < -0.3 is 10.1 Å². The topological polar surface area (TPSA) is 96.9 Å². The molecule has 0 bridgehead atoms. The van der Waals surface area contributed by atoms with Crippen molar-refractivity contribution in [2.24, 2.45) is 5.10 Å². The van der Waals surface area contributed by atoms with E-state index in [1.54, 1.807) is 31.2 Å². The normalized spacial score (nSPS) is 13.0.